The molecule has 2 heterocycles. The Hall–Kier alpha value is -3.21. The van der Waals surface area contributed by atoms with Crippen LogP contribution < -0.4 is 0 Å². The van der Waals surface area contributed by atoms with Crippen LogP contribution in [0.2, 0.25) is 0 Å². The van der Waals surface area contributed by atoms with Gasteiger partial charge >= 0.3 is 0 Å². The van der Waals surface area contributed by atoms with E-state index in [1.54, 1.807) is 6.20 Å². The quantitative estimate of drug-likeness (QED) is 0.503. The van der Waals surface area contributed by atoms with Gasteiger partial charge in [-0.25, -0.2) is 4.98 Å². The van der Waals surface area contributed by atoms with E-state index in [0.717, 1.165) is 35.3 Å². The van der Waals surface area contributed by atoms with E-state index in [2.05, 4.69) is 4.98 Å². The van der Waals surface area contributed by atoms with E-state index in [1.807, 2.05) is 66.4 Å². The molecular weight excluding hydrogens is 388 g/mol. The van der Waals surface area contributed by atoms with Crippen molar-refractivity contribution in [2.24, 2.45) is 5.92 Å². The van der Waals surface area contributed by atoms with E-state index in [4.69, 9.17) is 4.42 Å². The Kier molecular flexibility index (Phi) is 6.60. The van der Waals surface area contributed by atoms with Crippen molar-refractivity contribution in [2.45, 2.75) is 39.0 Å². The number of hydrogen-bond acceptors (Lipinski definition) is 4. The van der Waals surface area contributed by atoms with Gasteiger partial charge in [0.05, 0.1) is 6.20 Å². The van der Waals surface area contributed by atoms with Crippen molar-refractivity contribution < 1.29 is 14.0 Å². The number of ketones is 1. The highest BCUT2D eigenvalue weighted by molar-refractivity contribution is 5.98. The number of amides is 1. The number of likely N-dealkylation sites (tertiary alicyclic amines) is 1. The molecule has 31 heavy (non-hydrogen) atoms. The lowest BCUT2D eigenvalue weighted by atomic mass is 9.88. The molecule has 0 radical (unpaired) electrons. The van der Waals surface area contributed by atoms with Gasteiger partial charge in [-0.2, -0.15) is 0 Å². The minimum atomic E-state index is 0.00971. The zero-order valence-electron chi connectivity index (χ0n) is 17.9. The van der Waals surface area contributed by atoms with Gasteiger partial charge < -0.3 is 9.32 Å². The van der Waals surface area contributed by atoms with Crippen molar-refractivity contribution in [2.75, 3.05) is 13.1 Å². The molecule has 1 aliphatic heterocycles. The molecule has 5 nitrogen and oxygen atoms in total. The summed E-state index contributed by atoms with van der Waals surface area (Å²) >= 11 is 0. The van der Waals surface area contributed by atoms with Gasteiger partial charge in [-0.1, -0.05) is 60.2 Å². The molecule has 3 aromatic rings. The smallest absolute Gasteiger partial charge is 0.222 e. The third kappa shape index (κ3) is 5.29. The molecule has 4 rings (SSSR count). The summed E-state index contributed by atoms with van der Waals surface area (Å²) in [6, 6.07) is 17.6. The summed E-state index contributed by atoms with van der Waals surface area (Å²) in [4.78, 5) is 31.5. The summed E-state index contributed by atoms with van der Waals surface area (Å²) in [6.45, 7) is 3.32. The number of rotatable bonds is 7. The molecule has 0 spiro atoms. The number of Topliss-reactive ketones (excluding diaryl/α,β-unsaturated/α-hetero) is 1. The van der Waals surface area contributed by atoms with Crippen LogP contribution in [0.3, 0.4) is 0 Å². The fourth-order valence-electron chi connectivity index (χ4n) is 4.06. The number of aryl methyl sites for hydroxylation is 2. The third-order valence-corrected chi connectivity index (χ3v) is 5.95. The van der Waals surface area contributed by atoms with Crippen LogP contribution in [0.1, 0.15) is 47.5 Å². The van der Waals surface area contributed by atoms with Crippen LogP contribution >= 0.6 is 0 Å². The van der Waals surface area contributed by atoms with E-state index >= 15 is 0 Å². The maximum absolute atomic E-state index is 12.7. The Morgan fingerprint density at radius 3 is 2.45 bits per heavy atom. The van der Waals surface area contributed by atoms with Crippen molar-refractivity contribution >= 4 is 11.7 Å². The summed E-state index contributed by atoms with van der Waals surface area (Å²) in [5.74, 6) is 1.77. The second kappa shape index (κ2) is 9.73. The predicted octanol–water partition coefficient (Wildman–Crippen LogP) is 5.09. The highest BCUT2D eigenvalue weighted by Crippen LogP contribution is 2.23. The summed E-state index contributed by atoms with van der Waals surface area (Å²) < 4.78 is 5.81. The largest absolute Gasteiger partial charge is 0.441 e. The monoisotopic (exact) mass is 416 g/mol. The summed E-state index contributed by atoms with van der Waals surface area (Å²) in [5, 5.41) is 0. The van der Waals surface area contributed by atoms with Crippen LogP contribution in [0.5, 0.6) is 0 Å². The molecule has 1 amide bonds. The molecule has 0 saturated carbocycles. The maximum Gasteiger partial charge on any atom is 0.222 e. The number of carbonyl (C=O) groups excluding carboxylic acids is 2. The van der Waals surface area contributed by atoms with Gasteiger partial charge in [-0.05, 0) is 26.2 Å². The lowest BCUT2D eigenvalue weighted by Crippen LogP contribution is -2.40. The van der Waals surface area contributed by atoms with Crippen LogP contribution in [0, 0.1) is 12.8 Å². The van der Waals surface area contributed by atoms with Crippen molar-refractivity contribution in [1.29, 1.82) is 0 Å². The Morgan fingerprint density at radius 1 is 1.03 bits per heavy atom. The van der Waals surface area contributed by atoms with Gasteiger partial charge in [0, 0.05) is 43.0 Å². The molecule has 5 heteroatoms. The van der Waals surface area contributed by atoms with Crippen molar-refractivity contribution in [1.82, 2.24) is 9.88 Å². The second-order valence-corrected chi connectivity index (χ2v) is 8.22. The molecule has 0 aliphatic carbocycles. The third-order valence-electron chi connectivity index (χ3n) is 5.95. The lowest BCUT2D eigenvalue weighted by molar-refractivity contribution is -0.132. The average molecular weight is 417 g/mol. The number of oxazole rings is 1. The fraction of sp³-hybridized carbons (Fsp3) is 0.346. The van der Waals surface area contributed by atoms with Crippen LogP contribution in [-0.2, 0) is 11.2 Å². The normalized spacial score (nSPS) is 14.5. The Morgan fingerprint density at radius 2 is 1.74 bits per heavy atom. The number of piperidine rings is 1. The SMILES string of the molecule is Cc1ccc(C(=O)C2CCN(C(=O)CCCc3ncc(-c4ccccc4)o3)CC2)cc1. The van der Waals surface area contributed by atoms with Crippen LogP contribution in [-0.4, -0.2) is 34.7 Å². The number of aromatic nitrogens is 1. The van der Waals surface area contributed by atoms with E-state index in [1.165, 1.54) is 0 Å². The van der Waals surface area contributed by atoms with E-state index < -0.39 is 0 Å². The molecule has 1 saturated heterocycles. The zero-order chi connectivity index (χ0) is 21.6. The first-order chi connectivity index (χ1) is 15.1. The number of benzene rings is 2. The summed E-state index contributed by atoms with van der Waals surface area (Å²) in [7, 11) is 0. The predicted molar refractivity (Wildman–Crippen MR) is 120 cm³/mol. The van der Waals surface area contributed by atoms with Crippen LogP contribution in [0.25, 0.3) is 11.3 Å². The first-order valence-electron chi connectivity index (χ1n) is 11.0. The minimum absolute atomic E-state index is 0.00971. The van der Waals surface area contributed by atoms with Gasteiger partial charge in [0.25, 0.3) is 0 Å². The second-order valence-electron chi connectivity index (χ2n) is 8.22. The first kappa shape index (κ1) is 21.0. The standard InChI is InChI=1S/C26H28N2O3/c1-19-10-12-21(13-11-19)26(30)22-14-16-28(17-15-22)25(29)9-5-8-24-27-18-23(31-24)20-6-3-2-4-7-20/h2-4,6-7,10-13,18,22H,5,8-9,14-17H2,1H3. The van der Waals surface area contributed by atoms with Crippen molar-refractivity contribution in [3.8, 4) is 11.3 Å². The Labute approximate surface area is 183 Å². The van der Waals surface area contributed by atoms with Gasteiger partial charge in [0.15, 0.2) is 17.4 Å². The van der Waals surface area contributed by atoms with E-state index in [9.17, 15) is 9.59 Å². The molecule has 160 valence electrons. The lowest BCUT2D eigenvalue weighted by Gasteiger charge is -2.31. The fourth-order valence-corrected chi connectivity index (χ4v) is 4.06. The summed E-state index contributed by atoms with van der Waals surface area (Å²) in [5.41, 5.74) is 2.93. The van der Waals surface area contributed by atoms with Gasteiger partial charge in [0.2, 0.25) is 5.91 Å². The molecule has 2 aromatic carbocycles. The highest BCUT2D eigenvalue weighted by atomic mass is 16.4. The van der Waals surface area contributed by atoms with Gasteiger partial charge in [0.1, 0.15) is 0 Å². The zero-order valence-corrected chi connectivity index (χ0v) is 17.9. The Balaban J connectivity index is 1.21. The van der Waals surface area contributed by atoms with Crippen LogP contribution in [0.4, 0.5) is 0 Å². The van der Waals surface area contributed by atoms with Crippen molar-refractivity contribution in [3.63, 3.8) is 0 Å². The first-order valence-corrected chi connectivity index (χ1v) is 11.0. The molecule has 0 atom stereocenters. The maximum atomic E-state index is 12.7. The molecule has 0 unspecified atom stereocenters. The van der Waals surface area contributed by atoms with E-state index in [0.29, 0.717) is 38.2 Å². The summed E-state index contributed by atoms with van der Waals surface area (Å²) in [6.07, 6.45) is 5.02. The average Bonchev–Trinajstić information content (AvgIpc) is 3.29. The minimum Gasteiger partial charge on any atom is -0.441 e. The van der Waals surface area contributed by atoms with Crippen molar-refractivity contribution in [3.05, 3.63) is 77.8 Å². The molecule has 1 aromatic heterocycles. The van der Waals surface area contributed by atoms with Crippen LogP contribution in [0.15, 0.2) is 65.2 Å². The topological polar surface area (TPSA) is 63.4 Å². The molecule has 1 aliphatic rings. The molecule has 1 fully saturated rings. The Bertz CT molecular complexity index is 1020. The highest BCUT2D eigenvalue weighted by Gasteiger charge is 2.27. The van der Waals surface area contributed by atoms with Gasteiger partial charge in [-0.3, -0.25) is 9.59 Å². The molecular formula is C26H28N2O3. The van der Waals surface area contributed by atoms with E-state index in [-0.39, 0.29) is 17.6 Å². The number of hydrogen-bond donors (Lipinski definition) is 0. The number of nitrogens with zero attached hydrogens (tertiary/aromatic N) is 2. The van der Waals surface area contributed by atoms with Gasteiger partial charge in [-0.15, -0.1) is 0 Å². The molecule has 0 bridgehead atoms. The molecule has 0 N–H and O–H groups in total. The number of carbonyl (C=O) groups is 2.